The number of hydrogen-bond donors (Lipinski definition) is 0. The maximum Gasteiger partial charge on any atom is 0.323 e. The number of esters is 1. The molecule has 0 spiro atoms. The molecule has 1 aliphatic carbocycles. The van der Waals surface area contributed by atoms with Crippen molar-refractivity contribution in [2.75, 3.05) is 13.1 Å². The Morgan fingerprint density at radius 3 is 2.55 bits per heavy atom. The van der Waals surface area contributed by atoms with Gasteiger partial charge in [-0.05, 0) is 42.0 Å². The minimum atomic E-state index is -0.356. The maximum absolute atomic E-state index is 13.8. The SMILES string of the molecule is O=CC1CN([C@@H](C(=O)OCc2ccccc2)C2CCCCC2)C[C@@H]1c1cccc(F)c1. The zero-order valence-corrected chi connectivity index (χ0v) is 17.8. The van der Waals surface area contributed by atoms with Crippen molar-refractivity contribution < 1.29 is 18.7 Å². The summed E-state index contributed by atoms with van der Waals surface area (Å²) >= 11 is 0. The fourth-order valence-electron chi connectivity index (χ4n) is 5.22. The average Bonchev–Trinajstić information content (AvgIpc) is 3.23. The molecular weight excluding hydrogens is 393 g/mol. The molecular formula is C26H30FNO3. The van der Waals surface area contributed by atoms with Crippen LogP contribution in [0, 0.1) is 17.7 Å². The Hall–Kier alpha value is -2.53. The van der Waals surface area contributed by atoms with E-state index in [0.29, 0.717) is 13.1 Å². The highest BCUT2D eigenvalue weighted by Gasteiger charge is 2.43. The molecule has 0 bridgehead atoms. The van der Waals surface area contributed by atoms with E-state index in [9.17, 15) is 14.0 Å². The van der Waals surface area contributed by atoms with Crippen LogP contribution >= 0.6 is 0 Å². The number of carbonyl (C=O) groups is 2. The summed E-state index contributed by atoms with van der Waals surface area (Å²) in [5, 5.41) is 0. The van der Waals surface area contributed by atoms with Crippen molar-refractivity contribution in [1.29, 1.82) is 0 Å². The number of rotatable bonds is 7. The van der Waals surface area contributed by atoms with Crippen LogP contribution in [0.5, 0.6) is 0 Å². The van der Waals surface area contributed by atoms with E-state index in [4.69, 9.17) is 4.74 Å². The standard InChI is InChI=1S/C26H30FNO3/c27-23-13-7-12-21(14-23)24-16-28(15-22(24)17-29)25(20-10-5-2-6-11-20)26(30)31-18-19-8-3-1-4-9-19/h1,3-4,7-9,12-14,17,20,22,24-25H,2,5-6,10-11,15-16,18H2/t22?,24-,25-/m1/s1. The van der Waals surface area contributed by atoms with Crippen LogP contribution in [-0.2, 0) is 20.9 Å². The number of nitrogens with zero attached hydrogens (tertiary/aromatic N) is 1. The smallest absolute Gasteiger partial charge is 0.323 e. The lowest BCUT2D eigenvalue weighted by atomic mass is 9.83. The monoisotopic (exact) mass is 423 g/mol. The third-order valence-corrected chi connectivity index (χ3v) is 6.80. The van der Waals surface area contributed by atoms with Crippen LogP contribution in [0.4, 0.5) is 4.39 Å². The quantitative estimate of drug-likeness (QED) is 0.477. The number of aldehydes is 1. The zero-order chi connectivity index (χ0) is 21.6. The summed E-state index contributed by atoms with van der Waals surface area (Å²) in [6, 6.07) is 15.8. The third-order valence-electron chi connectivity index (χ3n) is 6.80. The van der Waals surface area contributed by atoms with Crippen molar-refractivity contribution in [2.24, 2.45) is 11.8 Å². The molecule has 2 aromatic rings. The summed E-state index contributed by atoms with van der Waals surface area (Å²) < 4.78 is 19.6. The number of halogens is 1. The molecule has 5 heteroatoms. The van der Waals surface area contributed by atoms with E-state index >= 15 is 0 Å². The Balaban J connectivity index is 1.53. The molecule has 0 amide bonds. The number of benzene rings is 2. The van der Waals surface area contributed by atoms with E-state index in [2.05, 4.69) is 4.90 Å². The number of ether oxygens (including phenoxy) is 1. The van der Waals surface area contributed by atoms with Gasteiger partial charge in [-0.25, -0.2) is 4.39 Å². The molecule has 164 valence electrons. The van der Waals surface area contributed by atoms with Crippen molar-refractivity contribution in [2.45, 2.75) is 50.7 Å². The first-order valence-corrected chi connectivity index (χ1v) is 11.3. The maximum atomic E-state index is 13.8. The summed E-state index contributed by atoms with van der Waals surface area (Å²) in [6.45, 7) is 1.32. The van der Waals surface area contributed by atoms with Gasteiger partial charge in [0, 0.05) is 24.9 Å². The van der Waals surface area contributed by atoms with Crippen molar-refractivity contribution in [1.82, 2.24) is 4.90 Å². The lowest BCUT2D eigenvalue weighted by molar-refractivity contribution is -0.154. The van der Waals surface area contributed by atoms with Gasteiger partial charge in [0.15, 0.2) is 0 Å². The Bertz CT molecular complexity index is 881. The summed E-state index contributed by atoms with van der Waals surface area (Å²) in [6.07, 6.45) is 6.39. The van der Waals surface area contributed by atoms with E-state index in [1.54, 1.807) is 6.07 Å². The van der Waals surface area contributed by atoms with Gasteiger partial charge in [-0.15, -0.1) is 0 Å². The van der Waals surface area contributed by atoms with Gasteiger partial charge in [0.2, 0.25) is 0 Å². The number of likely N-dealkylation sites (tertiary alicyclic amines) is 1. The van der Waals surface area contributed by atoms with E-state index in [1.807, 2.05) is 36.4 Å². The summed E-state index contributed by atoms with van der Waals surface area (Å²) in [5.41, 5.74) is 1.78. The van der Waals surface area contributed by atoms with E-state index in [1.165, 1.54) is 18.6 Å². The van der Waals surface area contributed by atoms with Crippen LogP contribution in [0.2, 0.25) is 0 Å². The molecule has 1 saturated heterocycles. The molecule has 4 rings (SSSR count). The molecule has 31 heavy (non-hydrogen) atoms. The van der Waals surface area contributed by atoms with Crippen LogP contribution in [0.1, 0.15) is 49.1 Å². The molecule has 2 aliphatic rings. The highest BCUT2D eigenvalue weighted by molar-refractivity contribution is 5.76. The Morgan fingerprint density at radius 1 is 1.06 bits per heavy atom. The average molecular weight is 424 g/mol. The van der Waals surface area contributed by atoms with Gasteiger partial charge in [-0.1, -0.05) is 61.7 Å². The number of hydrogen-bond acceptors (Lipinski definition) is 4. The van der Waals surface area contributed by atoms with Crippen molar-refractivity contribution in [3.8, 4) is 0 Å². The summed E-state index contributed by atoms with van der Waals surface area (Å²) in [7, 11) is 0. The minimum Gasteiger partial charge on any atom is -0.460 e. The van der Waals surface area contributed by atoms with Gasteiger partial charge in [-0.2, -0.15) is 0 Å². The van der Waals surface area contributed by atoms with Crippen LogP contribution in [0.15, 0.2) is 54.6 Å². The van der Waals surface area contributed by atoms with E-state index < -0.39 is 0 Å². The lowest BCUT2D eigenvalue weighted by Gasteiger charge is -2.35. The molecule has 1 heterocycles. The second-order valence-electron chi connectivity index (χ2n) is 8.85. The molecule has 3 atom stereocenters. The van der Waals surface area contributed by atoms with Gasteiger partial charge < -0.3 is 9.53 Å². The van der Waals surface area contributed by atoms with Crippen LogP contribution in [0.25, 0.3) is 0 Å². The highest BCUT2D eigenvalue weighted by atomic mass is 19.1. The molecule has 1 saturated carbocycles. The van der Waals surface area contributed by atoms with Gasteiger partial charge in [0.25, 0.3) is 0 Å². The fourth-order valence-corrected chi connectivity index (χ4v) is 5.22. The molecule has 0 N–H and O–H groups in total. The van der Waals surface area contributed by atoms with Crippen LogP contribution in [0.3, 0.4) is 0 Å². The van der Waals surface area contributed by atoms with Crippen molar-refractivity contribution >= 4 is 12.3 Å². The second-order valence-corrected chi connectivity index (χ2v) is 8.85. The molecule has 2 aromatic carbocycles. The third kappa shape index (κ3) is 5.21. The van der Waals surface area contributed by atoms with Crippen molar-refractivity contribution in [3.63, 3.8) is 0 Å². The fraction of sp³-hybridized carbons (Fsp3) is 0.462. The topological polar surface area (TPSA) is 46.6 Å². The lowest BCUT2D eigenvalue weighted by Crippen LogP contribution is -2.46. The predicted octanol–water partition coefficient (Wildman–Crippen LogP) is 4.73. The molecule has 4 nitrogen and oxygen atoms in total. The predicted molar refractivity (Wildman–Crippen MR) is 117 cm³/mol. The van der Waals surface area contributed by atoms with E-state index in [0.717, 1.165) is 43.1 Å². The largest absolute Gasteiger partial charge is 0.460 e. The number of carbonyl (C=O) groups excluding carboxylic acids is 2. The molecule has 0 radical (unpaired) electrons. The first kappa shape index (κ1) is 21.7. The highest BCUT2D eigenvalue weighted by Crippen LogP contribution is 2.37. The van der Waals surface area contributed by atoms with Crippen molar-refractivity contribution in [3.05, 3.63) is 71.5 Å². The second kappa shape index (κ2) is 10.2. The molecule has 1 aliphatic heterocycles. The summed E-state index contributed by atoms with van der Waals surface area (Å²) in [5.74, 6) is -0.640. The molecule has 0 aromatic heterocycles. The van der Waals surface area contributed by atoms with Gasteiger partial charge in [0.1, 0.15) is 24.8 Å². The molecule has 1 unspecified atom stereocenters. The Labute approximate surface area is 183 Å². The van der Waals surface area contributed by atoms with E-state index in [-0.39, 0.29) is 42.2 Å². The normalized spacial score (nSPS) is 23.4. The van der Waals surface area contributed by atoms with Crippen LogP contribution in [-0.4, -0.2) is 36.3 Å². The Kier molecular flexibility index (Phi) is 7.13. The molecule has 2 fully saturated rings. The van der Waals surface area contributed by atoms with Gasteiger partial charge in [-0.3, -0.25) is 9.69 Å². The van der Waals surface area contributed by atoms with Crippen LogP contribution < -0.4 is 0 Å². The van der Waals surface area contributed by atoms with Gasteiger partial charge >= 0.3 is 5.97 Å². The minimum absolute atomic E-state index is 0.110. The first-order chi connectivity index (χ1) is 15.2. The zero-order valence-electron chi connectivity index (χ0n) is 17.8. The Morgan fingerprint density at radius 2 is 1.84 bits per heavy atom. The summed E-state index contributed by atoms with van der Waals surface area (Å²) in [4.78, 5) is 27.3. The first-order valence-electron chi connectivity index (χ1n) is 11.3. The van der Waals surface area contributed by atoms with Gasteiger partial charge in [0.05, 0.1) is 0 Å².